The van der Waals surface area contributed by atoms with Crippen molar-refractivity contribution < 1.29 is 0 Å². The average Bonchev–Trinajstić information content (AvgIpc) is 1.88. The largest absolute Gasteiger partial charge is 0.244 e. The van der Waals surface area contributed by atoms with Gasteiger partial charge in [0.25, 0.3) is 0 Å². The SMILES string of the molecule is Cc1ncncc1[C@@H](C)Cl. The summed E-state index contributed by atoms with van der Waals surface area (Å²) in [4.78, 5) is 7.88. The number of aromatic nitrogens is 2. The average molecular weight is 157 g/mol. The first kappa shape index (κ1) is 7.48. The zero-order valence-electron chi connectivity index (χ0n) is 6.00. The maximum Gasteiger partial charge on any atom is 0.115 e. The van der Waals surface area contributed by atoms with Crippen molar-refractivity contribution in [2.24, 2.45) is 0 Å². The molecule has 54 valence electrons. The molecule has 2 nitrogen and oxygen atoms in total. The van der Waals surface area contributed by atoms with E-state index in [0.29, 0.717) is 0 Å². The predicted octanol–water partition coefficient (Wildman–Crippen LogP) is 2.08. The summed E-state index contributed by atoms with van der Waals surface area (Å²) in [5.41, 5.74) is 1.96. The van der Waals surface area contributed by atoms with E-state index in [4.69, 9.17) is 11.6 Å². The number of nitrogens with zero attached hydrogens (tertiary/aromatic N) is 2. The Bertz CT molecular complexity index is 223. The van der Waals surface area contributed by atoms with Crippen molar-refractivity contribution >= 4 is 11.6 Å². The molecular weight excluding hydrogens is 148 g/mol. The molecule has 1 aromatic rings. The molecule has 0 amide bonds. The highest BCUT2D eigenvalue weighted by Gasteiger charge is 2.03. The Balaban J connectivity index is 3.03. The molecule has 0 aromatic carbocycles. The van der Waals surface area contributed by atoms with Crippen LogP contribution in [-0.4, -0.2) is 9.97 Å². The van der Waals surface area contributed by atoms with Crippen molar-refractivity contribution in [2.45, 2.75) is 19.2 Å². The van der Waals surface area contributed by atoms with Crippen LogP contribution in [0, 0.1) is 6.92 Å². The van der Waals surface area contributed by atoms with E-state index in [9.17, 15) is 0 Å². The number of rotatable bonds is 1. The third-order valence-corrected chi connectivity index (χ3v) is 1.61. The molecule has 0 saturated heterocycles. The van der Waals surface area contributed by atoms with Crippen LogP contribution in [0.15, 0.2) is 12.5 Å². The van der Waals surface area contributed by atoms with Crippen LogP contribution in [-0.2, 0) is 0 Å². The standard InChI is InChI=1S/C7H9ClN2/c1-5(8)7-3-9-4-10-6(7)2/h3-5H,1-2H3/t5-/m1/s1. The van der Waals surface area contributed by atoms with Crippen LogP contribution >= 0.6 is 11.6 Å². The van der Waals surface area contributed by atoms with E-state index in [1.807, 2.05) is 13.8 Å². The van der Waals surface area contributed by atoms with Gasteiger partial charge in [-0.25, -0.2) is 9.97 Å². The molecule has 10 heavy (non-hydrogen) atoms. The van der Waals surface area contributed by atoms with Crippen LogP contribution in [0.1, 0.15) is 23.6 Å². The molecule has 1 aromatic heterocycles. The minimum Gasteiger partial charge on any atom is -0.244 e. The second-order valence-corrected chi connectivity index (χ2v) is 2.83. The Hall–Kier alpha value is -0.630. The fraction of sp³-hybridized carbons (Fsp3) is 0.429. The van der Waals surface area contributed by atoms with Crippen molar-refractivity contribution in [3.63, 3.8) is 0 Å². The molecular formula is C7H9ClN2. The molecule has 0 aliphatic carbocycles. The molecule has 1 rings (SSSR count). The van der Waals surface area contributed by atoms with E-state index in [1.54, 1.807) is 6.20 Å². The van der Waals surface area contributed by atoms with Crippen molar-refractivity contribution in [2.75, 3.05) is 0 Å². The number of hydrogen-bond acceptors (Lipinski definition) is 2. The molecule has 0 unspecified atom stereocenters. The monoisotopic (exact) mass is 156 g/mol. The minimum absolute atomic E-state index is 0.00111. The Kier molecular flexibility index (Phi) is 2.22. The third-order valence-electron chi connectivity index (χ3n) is 1.38. The lowest BCUT2D eigenvalue weighted by molar-refractivity contribution is 0.970. The zero-order valence-corrected chi connectivity index (χ0v) is 6.76. The Labute approximate surface area is 65.3 Å². The predicted molar refractivity (Wildman–Crippen MR) is 41.0 cm³/mol. The van der Waals surface area contributed by atoms with Crippen LogP contribution in [0.3, 0.4) is 0 Å². The second kappa shape index (κ2) is 2.97. The molecule has 0 bridgehead atoms. The first-order chi connectivity index (χ1) is 4.72. The summed E-state index contributed by atoms with van der Waals surface area (Å²) in [7, 11) is 0. The minimum atomic E-state index is 0.00111. The quantitative estimate of drug-likeness (QED) is 0.582. The summed E-state index contributed by atoms with van der Waals surface area (Å²) >= 11 is 5.83. The van der Waals surface area contributed by atoms with E-state index in [0.717, 1.165) is 11.3 Å². The molecule has 0 fully saturated rings. The van der Waals surface area contributed by atoms with Crippen LogP contribution in [0.2, 0.25) is 0 Å². The molecule has 0 N–H and O–H groups in total. The number of alkyl halides is 1. The van der Waals surface area contributed by atoms with Gasteiger partial charge >= 0.3 is 0 Å². The van der Waals surface area contributed by atoms with Gasteiger partial charge in [0.1, 0.15) is 6.33 Å². The summed E-state index contributed by atoms with van der Waals surface area (Å²) in [6.45, 7) is 3.84. The van der Waals surface area contributed by atoms with Crippen molar-refractivity contribution in [1.82, 2.24) is 9.97 Å². The molecule has 1 heterocycles. The molecule has 3 heteroatoms. The number of hydrogen-bond donors (Lipinski definition) is 0. The lowest BCUT2D eigenvalue weighted by atomic mass is 10.2. The maximum absolute atomic E-state index is 5.83. The van der Waals surface area contributed by atoms with Crippen LogP contribution < -0.4 is 0 Å². The van der Waals surface area contributed by atoms with Gasteiger partial charge in [0.05, 0.1) is 5.38 Å². The maximum atomic E-state index is 5.83. The van der Waals surface area contributed by atoms with E-state index in [-0.39, 0.29) is 5.38 Å². The van der Waals surface area contributed by atoms with Gasteiger partial charge in [-0.05, 0) is 13.8 Å². The highest BCUT2D eigenvalue weighted by molar-refractivity contribution is 6.20. The van der Waals surface area contributed by atoms with Gasteiger partial charge in [0, 0.05) is 17.5 Å². The van der Waals surface area contributed by atoms with E-state index in [2.05, 4.69) is 9.97 Å². The highest BCUT2D eigenvalue weighted by Crippen LogP contribution is 2.19. The zero-order chi connectivity index (χ0) is 7.56. The topological polar surface area (TPSA) is 25.8 Å². The lowest BCUT2D eigenvalue weighted by Gasteiger charge is -2.03. The summed E-state index contributed by atoms with van der Waals surface area (Å²) in [5.74, 6) is 0. The van der Waals surface area contributed by atoms with E-state index in [1.165, 1.54) is 6.33 Å². The fourth-order valence-electron chi connectivity index (χ4n) is 0.792. The molecule has 0 saturated carbocycles. The Morgan fingerprint density at radius 2 is 2.30 bits per heavy atom. The first-order valence-corrected chi connectivity index (χ1v) is 3.56. The van der Waals surface area contributed by atoms with Crippen LogP contribution in [0.5, 0.6) is 0 Å². The summed E-state index contributed by atoms with van der Waals surface area (Å²) in [6.07, 6.45) is 3.28. The highest BCUT2D eigenvalue weighted by atomic mass is 35.5. The fourth-order valence-corrected chi connectivity index (χ4v) is 1.01. The normalized spacial score (nSPS) is 13.1. The first-order valence-electron chi connectivity index (χ1n) is 3.12. The van der Waals surface area contributed by atoms with Gasteiger partial charge < -0.3 is 0 Å². The number of halogens is 1. The van der Waals surface area contributed by atoms with E-state index < -0.39 is 0 Å². The smallest absolute Gasteiger partial charge is 0.115 e. The van der Waals surface area contributed by atoms with Gasteiger partial charge in [-0.1, -0.05) is 0 Å². The van der Waals surface area contributed by atoms with Crippen LogP contribution in [0.25, 0.3) is 0 Å². The summed E-state index contributed by atoms with van der Waals surface area (Å²) < 4.78 is 0. The Morgan fingerprint density at radius 3 is 2.70 bits per heavy atom. The molecule has 0 aliphatic heterocycles. The molecule has 0 radical (unpaired) electrons. The van der Waals surface area contributed by atoms with Crippen molar-refractivity contribution in [1.29, 1.82) is 0 Å². The van der Waals surface area contributed by atoms with Gasteiger partial charge in [-0.15, -0.1) is 11.6 Å². The second-order valence-electron chi connectivity index (χ2n) is 2.18. The van der Waals surface area contributed by atoms with Gasteiger partial charge in [-0.2, -0.15) is 0 Å². The molecule has 0 spiro atoms. The third kappa shape index (κ3) is 1.45. The van der Waals surface area contributed by atoms with E-state index >= 15 is 0 Å². The van der Waals surface area contributed by atoms with Crippen molar-refractivity contribution in [3.8, 4) is 0 Å². The lowest BCUT2D eigenvalue weighted by Crippen LogP contribution is -1.93. The molecule has 1 atom stereocenters. The van der Waals surface area contributed by atoms with Gasteiger partial charge in [0.2, 0.25) is 0 Å². The summed E-state index contributed by atoms with van der Waals surface area (Å²) in [6, 6.07) is 0. The Morgan fingerprint density at radius 1 is 1.60 bits per heavy atom. The number of aryl methyl sites for hydroxylation is 1. The van der Waals surface area contributed by atoms with Crippen LogP contribution in [0.4, 0.5) is 0 Å². The van der Waals surface area contributed by atoms with Crippen molar-refractivity contribution in [3.05, 3.63) is 23.8 Å². The van der Waals surface area contributed by atoms with Gasteiger partial charge in [-0.3, -0.25) is 0 Å². The molecule has 0 aliphatic rings. The summed E-state index contributed by atoms with van der Waals surface area (Å²) in [5, 5.41) is 0.00111. The van der Waals surface area contributed by atoms with Gasteiger partial charge in [0.15, 0.2) is 0 Å².